The Hall–Kier alpha value is -2.14. The van der Waals surface area contributed by atoms with E-state index >= 15 is 0 Å². The number of aryl methyl sites for hydroxylation is 1. The van der Waals surface area contributed by atoms with E-state index < -0.39 is 11.2 Å². The van der Waals surface area contributed by atoms with Gasteiger partial charge in [-0.25, -0.2) is 0 Å². The number of benzene rings is 2. The van der Waals surface area contributed by atoms with Gasteiger partial charge >= 0.3 is 5.97 Å². The molecule has 0 aliphatic heterocycles. The van der Waals surface area contributed by atoms with E-state index in [1.54, 1.807) is 20.3 Å². The topological polar surface area (TPSA) is 55.8 Å². The molecule has 5 heteroatoms. The number of hydrogen-bond acceptors (Lipinski definition) is 4. The van der Waals surface area contributed by atoms with Gasteiger partial charge in [-0.05, 0) is 37.1 Å². The van der Waals surface area contributed by atoms with Crippen LogP contribution in [0.4, 0.5) is 0 Å². The van der Waals surface area contributed by atoms with Crippen LogP contribution in [0.2, 0.25) is 0 Å². The van der Waals surface area contributed by atoms with Gasteiger partial charge in [0.1, 0.15) is 16.7 Å². The summed E-state index contributed by atoms with van der Waals surface area (Å²) in [6.07, 6.45) is 0.376. The van der Waals surface area contributed by atoms with Gasteiger partial charge in [-0.15, -0.1) is 11.8 Å². The molecule has 0 aliphatic rings. The van der Waals surface area contributed by atoms with Crippen molar-refractivity contribution < 1.29 is 19.4 Å². The molecule has 2 aromatic carbocycles. The highest BCUT2D eigenvalue weighted by Crippen LogP contribution is 2.31. The van der Waals surface area contributed by atoms with Crippen LogP contribution in [0.15, 0.2) is 47.4 Å². The van der Waals surface area contributed by atoms with Crippen molar-refractivity contribution in [2.75, 3.05) is 14.2 Å². The zero-order valence-electron chi connectivity index (χ0n) is 13.4. The number of ether oxygens (including phenoxy) is 2. The van der Waals surface area contributed by atoms with Crippen molar-refractivity contribution in [3.63, 3.8) is 0 Å². The third-order valence-corrected chi connectivity index (χ3v) is 4.67. The molecular formula is C18H20O4S. The third kappa shape index (κ3) is 4.66. The molecule has 0 heterocycles. The molecule has 2 rings (SSSR count). The van der Waals surface area contributed by atoms with E-state index in [4.69, 9.17) is 9.47 Å². The quantitative estimate of drug-likeness (QED) is 0.782. The molecule has 0 fully saturated rings. The van der Waals surface area contributed by atoms with Gasteiger partial charge in [-0.2, -0.15) is 0 Å². The summed E-state index contributed by atoms with van der Waals surface area (Å²) >= 11 is 1.34. The maximum absolute atomic E-state index is 11.6. The molecule has 23 heavy (non-hydrogen) atoms. The van der Waals surface area contributed by atoms with E-state index in [0.29, 0.717) is 17.9 Å². The number of aliphatic carboxylic acids is 1. The van der Waals surface area contributed by atoms with E-state index in [2.05, 4.69) is 0 Å². The zero-order valence-corrected chi connectivity index (χ0v) is 14.2. The minimum atomic E-state index is -0.839. The third-order valence-electron chi connectivity index (χ3n) is 3.47. The minimum absolute atomic E-state index is 0.376. The molecule has 122 valence electrons. The second-order valence-corrected chi connectivity index (χ2v) is 6.42. The molecule has 0 saturated heterocycles. The van der Waals surface area contributed by atoms with Crippen molar-refractivity contribution in [3.05, 3.63) is 53.6 Å². The molecule has 1 N–H and O–H groups in total. The number of methoxy groups -OCH3 is 2. The van der Waals surface area contributed by atoms with Crippen LogP contribution in [0.1, 0.15) is 11.1 Å². The fourth-order valence-electron chi connectivity index (χ4n) is 2.18. The molecule has 0 amide bonds. The Morgan fingerprint density at radius 1 is 1.13 bits per heavy atom. The summed E-state index contributed by atoms with van der Waals surface area (Å²) in [4.78, 5) is 12.6. The van der Waals surface area contributed by atoms with Gasteiger partial charge < -0.3 is 14.6 Å². The average Bonchev–Trinajstić information content (AvgIpc) is 2.56. The van der Waals surface area contributed by atoms with Crippen molar-refractivity contribution in [2.45, 2.75) is 23.5 Å². The van der Waals surface area contributed by atoms with Crippen LogP contribution in [0, 0.1) is 6.92 Å². The summed E-state index contributed by atoms with van der Waals surface area (Å²) in [5, 5.41) is 8.95. The van der Waals surface area contributed by atoms with Gasteiger partial charge in [-0.1, -0.05) is 23.8 Å². The van der Waals surface area contributed by atoms with Gasteiger partial charge in [0.05, 0.1) is 14.2 Å². The highest BCUT2D eigenvalue weighted by molar-refractivity contribution is 8.00. The van der Waals surface area contributed by atoms with Crippen molar-refractivity contribution in [3.8, 4) is 11.5 Å². The first kappa shape index (κ1) is 17.2. The van der Waals surface area contributed by atoms with Gasteiger partial charge in [-0.3, -0.25) is 4.79 Å². The maximum Gasteiger partial charge on any atom is 0.317 e. The summed E-state index contributed by atoms with van der Waals surface area (Å²) in [6.45, 7) is 2.01. The SMILES string of the molecule is COc1ccc(C[C@@H](Sc2ccc(C)cc2)C(=O)O)c(OC)c1. The molecule has 2 aromatic rings. The van der Waals surface area contributed by atoms with Gasteiger partial charge in [0.2, 0.25) is 0 Å². The fourth-order valence-corrected chi connectivity index (χ4v) is 3.17. The smallest absolute Gasteiger partial charge is 0.317 e. The Labute approximate surface area is 140 Å². The average molecular weight is 332 g/mol. The Morgan fingerprint density at radius 3 is 2.39 bits per heavy atom. The summed E-state index contributed by atoms with van der Waals surface area (Å²) in [5.41, 5.74) is 2.00. The zero-order chi connectivity index (χ0) is 16.8. The van der Waals surface area contributed by atoms with Gasteiger partial charge in [0.25, 0.3) is 0 Å². The second-order valence-electron chi connectivity index (χ2n) is 5.14. The number of carbonyl (C=O) groups is 1. The molecule has 0 aliphatic carbocycles. The summed E-state index contributed by atoms with van der Waals surface area (Å²) < 4.78 is 10.5. The first-order valence-corrected chi connectivity index (χ1v) is 8.08. The Kier molecular flexibility index (Phi) is 5.93. The molecule has 0 aromatic heterocycles. The van der Waals surface area contributed by atoms with Gasteiger partial charge in [0, 0.05) is 11.0 Å². The lowest BCUT2D eigenvalue weighted by Gasteiger charge is -2.15. The van der Waals surface area contributed by atoms with E-state index in [0.717, 1.165) is 16.0 Å². The van der Waals surface area contributed by atoms with Crippen LogP contribution in [0.25, 0.3) is 0 Å². The highest BCUT2D eigenvalue weighted by Gasteiger charge is 2.21. The Bertz CT molecular complexity index is 667. The summed E-state index contributed by atoms with van der Waals surface area (Å²) in [6, 6.07) is 13.3. The van der Waals surface area contributed by atoms with Crippen LogP contribution in [-0.4, -0.2) is 30.5 Å². The normalized spacial score (nSPS) is 11.8. The number of carboxylic acid groups (broad SMARTS) is 1. The van der Waals surface area contributed by atoms with Crippen molar-refractivity contribution >= 4 is 17.7 Å². The largest absolute Gasteiger partial charge is 0.497 e. The predicted molar refractivity (Wildman–Crippen MR) is 91.7 cm³/mol. The number of thioether (sulfide) groups is 1. The van der Waals surface area contributed by atoms with Crippen molar-refractivity contribution in [1.82, 2.24) is 0 Å². The lowest BCUT2D eigenvalue weighted by Crippen LogP contribution is -2.19. The molecule has 0 spiro atoms. The molecule has 0 unspecified atom stereocenters. The lowest BCUT2D eigenvalue weighted by atomic mass is 10.1. The monoisotopic (exact) mass is 332 g/mol. The molecule has 0 saturated carbocycles. The molecule has 1 atom stereocenters. The van der Waals surface area contributed by atoms with E-state index in [1.807, 2.05) is 43.3 Å². The lowest BCUT2D eigenvalue weighted by molar-refractivity contribution is -0.136. The second kappa shape index (κ2) is 7.92. The predicted octanol–water partition coefficient (Wildman–Crippen LogP) is 3.80. The first-order valence-electron chi connectivity index (χ1n) is 7.20. The van der Waals surface area contributed by atoms with Crippen LogP contribution in [0.5, 0.6) is 11.5 Å². The van der Waals surface area contributed by atoms with Crippen LogP contribution < -0.4 is 9.47 Å². The van der Waals surface area contributed by atoms with E-state index in [9.17, 15) is 9.90 Å². The van der Waals surface area contributed by atoms with Crippen LogP contribution in [-0.2, 0) is 11.2 Å². The standard InChI is InChI=1S/C18H20O4S/c1-12-4-8-15(9-5-12)23-17(18(19)20)10-13-6-7-14(21-2)11-16(13)22-3/h4-9,11,17H,10H2,1-3H3,(H,19,20)/t17-/m1/s1. The molecular weight excluding hydrogens is 312 g/mol. The Morgan fingerprint density at radius 2 is 1.83 bits per heavy atom. The fraction of sp³-hybridized carbons (Fsp3) is 0.278. The number of carboxylic acids is 1. The Balaban J connectivity index is 2.19. The summed E-state index contributed by atoms with van der Waals surface area (Å²) in [5.74, 6) is 0.484. The summed E-state index contributed by atoms with van der Waals surface area (Å²) in [7, 11) is 3.16. The number of rotatable bonds is 7. The highest BCUT2D eigenvalue weighted by atomic mass is 32.2. The molecule has 4 nitrogen and oxygen atoms in total. The van der Waals surface area contributed by atoms with E-state index in [-0.39, 0.29) is 0 Å². The van der Waals surface area contributed by atoms with E-state index in [1.165, 1.54) is 11.8 Å². The number of hydrogen-bond donors (Lipinski definition) is 1. The van der Waals surface area contributed by atoms with Crippen LogP contribution >= 0.6 is 11.8 Å². The van der Waals surface area contributed by atoms with Crippen LogP contribution in [0.3, 0.4) is 0 Å². The maximum atomic E-state index is 11.6. The first-order chi connectivity index (χ1) is 11.0. The van der Waals surface area contributed by atoms with Crippen molar-refractivity contribution in [1.29, 1.82) is 0 Å². The molecule has 0 bridgehead atoms. The van der Waals surface area contributed by atoms with Crippen molar-refractivity contribution in [2.24, 2.45) is 0 Å². The molecule has 0 radical (unpaired) electrons. The van der Waals surface area contributed by atoms with Gasteiger partial charge in [0.15, 0.2) is 0 Å². The minimum Gasteiger partial charge on any atom is -0.497 e.